The van der Waals surface area contributed by atoms with E-state index < -0.39 is 16.1 Å². The Morgan fingerprint density at radius 3 is 2.50 bits per heavy atom. The SMILES string of the molecule is CCC(O)C(C)c1ccc(S(N)(=O)=O)cn1. The molecule has 0 spiro atoms. The first-order chi connectivity index (χ1) is 7.36. The van der Waals surface area contributed by atoms with Crippen LogP contribution in [-0.2, 0) is 10.0 Å². The first kappa shape index (κ1) is 13.1. The van der Waals surface area contributed by atoms with Gasteiger partial charge in [0.1, 0.15) is 4.90 Å². The normalized spacial score (nSPS) is 15.8. The molecule has 1 aromatic heterocycles. The monoisotopic (exact) mass is 244 g/mol. The van der Waals surface area contributed by atoms with Gasteiger partial charge in [-0.2, -0.15) is 0 Å². The molecule has 0 aliphatic rings. The smallest absolute Gasteiger partial charge is 0.239 e. The van der Waals surface area contributed by atoms with Crippen molar-refractivity contribution in [3.63, 3.8) is 0 Å². The molecule has 2 unspecified atom stereocenters. The minimum atomic E-state index is -3.70. The predicted octanol–water partition coefficient (Wildman–Crippen LogP) is 0.603. The van der Waals surface area contributed by atoms with E-state index in [9.17, 15) is 13.5 Å². The third kappa shape index (κ3) is 3.01. The molecule has 1 heterocycles. The molecule has 1 rings (SSSR count). The quantitative estimate of drug-likeness (QED) is 0.811. The van der Waals surface area contributed by atoms with Crippen molar-refractivity contribution in [1.29, 1.82) is 0 Å². The molecule has 0 fully saturated rings. The van der Waals surface area contributed by atoms with E-state index in [1.165, 1.54) is 12.3 Å². The Bertz CT molecular complexity index is 442. The highest BCUT2D eigenvalue weighted by Crippen LogP contribution is 2.19. The fourth-order valence-electron chi connectivity index (χ4n) is 1.38. The van der Waals surface area contributed by atoms with E-state index in [2.05, 4.69) is 4.98 Å². The summed E-state index contributed by atoms with van der Waals surface area (Å²) in [6, 6.07) is 2.97. The van der Waals surface area contributed by atoms with E-state index in [0.29, 0.717) is 12.1 Å². The Kier molecular flexibility index (Phi) is 4.01. The summed E-state index contributed by atoms with van der Waals surface area (Å²) >= 11 is 0. The average molecular weight is 244 g/mol. The lowest BCUT2D eigenvalue weighted by Gasteiger charge is -2.16. The van der Waals surface area contributed by atoms with Gasteiger partial charge in [0, 0.05) is 17.8 Å². The predicted molar refractivity (Wildman–Crippen MR) is 60.3 cm³/mol. The summed E-state index contributed by atoms with van der Waals surface area (Å²) in [6.45, 7) is 3.72. The summed E-state index contributed by atoms with van der Waals surface area (Å²) in [5.74, 6) is -0.125. The van der Waals surface area contributed by atoms with Crippen molar-refractivity contribution in [1.82, 2.24) is 4.98 Å². The largest absolute Gasteiger partial charge is 0.392 e. The fraction of sp³-hybridized carbons (Fsp3) is 0.500. The molecule has 2 atom stereocenters. The van der Waals surface area contributed by atoms with E-state index in [4.69, 9.17) is 5.14 Å². The minimum Gasteiger partial charge on any atom is -0.392 e. The van der Waals surface area contributed by atoms with Crippen LogP contribution >= 0.6 is 0 Å². The van der Waals surface area contributed by atoms with Gasteiger partial charge in [-0.1, -0.05) is 13.8 Å². The first-order valence-corrected chi connectivity index (χ1v) is 6.57. The molecular formula is C10H16N2O3S. The zero-order chi connectivity index (χ0) is 12.3. The number of hydrogen-bond donors (Lipinski definition) is 2. The van der Waals surface area contributed by atoms with Crippen molar-refractivity contribution in [2.45, 2.75) is 37.2 Å². The van der Waals surface area contributed by atoms with E-state index in [1.54, 1.807) is 6.07 Å². The highest BCUT2D eigenvalue weighted by molar-refractivity contribution is 7.89. The molecule has 6 heteroatoms. The molecular weight excluding hydrogens is 228 g/mol. The molecule has 0 saturated carbocycles. The Morgan fingerprint density at radius 1 is 1.50 bits per heavy atom. The molecule has 5 nitrogen and oxygen atoms in total. The van der Waals surface area contributed by atoms with Gasteiger partial charge in [-0.05, 0) is 18.6 Å². The number of aliphatic hydroxyl groups is 1. The van der Waals surface area contributed by atoms with Crippen molar-refractivity contribution in [3.8, 4) is 0 Å². The molecule has 0 bridgehead atoms. The maximum absolute atomic E-state index is 11.0. The van der Waals surface area contributed by atoms with Gasteiger partial charge in [0.05, 0.1) is 6.10 Å². The second-order valence-electron chi connectivity index (χ2n) is 3.73. The standard InChI is InChI=1S/C10H16N2O3S/c1-3-10(13)7(2)9-5-4-8(6-12-9)16(11,14)15/h4-7,10,13H,3H2,1-2H3,(H2,11,14,15). The Hall–Kier alpha value is -0.980. The van der Waals surface area contributed by atoms with Gasteiger partial charge in [0.2, 0.25) is 10.0 Å². The molecule has 0 aromatic carbocycles. The zero-order valence-electron chi connectivity index (χ0n) is 9.29. The lowest BCUT2D eigenvalue weighted by atomic mass is 9.98. The number of primary sulfonamides is 1. The molecule has 0 amide bonds. The van der Waals surface area contributed by atoms with Gasteiger partial charge in [-0.15, -0.1) is 0 Å². The first-order valence-electron chi connectivity index (χ1n) is 5.03. The third-order valence-electron chi connectivity index (χ3n) is 2.55. The lowest BCUT2D eigenvalue weighted by molar-refractivity contribution is 0.143. The van der Waals surface area contributed by atoms with E-state index in [1.807, 2.05) is 13.8 Å². The van der Waals surface area contributed by atoms with Gasteiger partial charge < -0.3 is 5.11 Å². The van der Waals surface area contributed by atoms with Gasteiger partial charge in [0.25, 0.3) is 0 Å². The van der Waals surface area contributed by atoms with E-state index in [-0.39, 0.29) is 10.8 Å². The van der Waals surface area contributed by atoms with Crippen LogP contribution in [0.3, 0.4) is 0 Å². The second kappa shape index (κ2) is 4.90. The van der Waals surface area contributed by atoms with Crippen molar-refractivity contribution in [3.05, 3.63) is 24.0 Å². The van der Waals surface area contributed by atoms with Crippen LogP contribution < -0.4 is 5.14 Å². The highest BCUT2D eigenvalue weighted by atomic mass is 32.2. The van der Waals surface area contributed by atoms with Crippen LogP contribution in [0, 0.1) is 0 Å². The molecule has 90 valence electrons. The number of aliphatic hydroxyl groups excluding tert-OH is 1. The van der Waals surface area contributed by atoms with Gasteiger partial charge in [-0.3, -0.25) is 4.98 Å². The number of aromatic nitrogens is 1. The highest BCUT2D eigenvalue weighted by Gasteiger charge is 2.16. The van der Waals surface area contributed by atoms with Crippen LogP contribution in [0.2, 0.25) is 0 Å². The van der Waals surface area contributed by atoms with Crippen LogP contribution in [0.4, 0.5) is 0 Å². The fourth-order valence-corrected chi connectivity index (χ4v) is 1.84. The maximum Gasteiger partial charge on any atom is 0.239 e. The van der Waals surface area contributed by atoms with Crippen molar-refractivity contribution in [2.24, 2.45) is 5.14 Å². The van der Waals surface area contributed by atoms with Crippen LogP contribution in [-0.4, -0.2) is 24.6 Å². The van der Waals surface area contributed by atoms with Crippen LogP contribution in [0.15, 0.2) is 23.2 Å². The summed E-state index contributed by atoms with van der Waals surface area (Å²) in [5, 5.41) is 14.6. The summed E-state index contributed by atoms with van der Waals surface area (Å²) < 4.78 is 22.0. The third-order valence-corrected chi connectivity index (χ3v) is 3.45. The van der Waals surface area contributed by atoms with Crippen molar-refractivity contribution >= 4 is 10.0 Å². The number of nitrogens with zero attached hydrogens (tertiary/aromatic N) is 1. The summed E-state index contributed by atoms with van der Waals surface area (Å²) in [7, 11) is -3.70. The number of pyridine rings is 1. The Balaban J connectivity index is 2.96. The lowest BCUT2D eigenvalue weighted by Crippen LogP contribution is -2.17. The number of rotatable bonds is 4. The zero-order valence-corrected chi connectivity index (χ0v) is 10.1. The van der Waals surface area contributed by atoms with Gasteiger partial charge in [0.15, 0.2) is 0 Å². The number of hydrogen-bond acceptors (Lipinski definition) is 4. The van der Waals surface area contributed by atoms with Crippen molar-refractivity contribution in [2.75, 3.05) is 0 Å². The summed E-state index contributed by atoms with van der Waals surface area (Å²) in [5.41, 5.74) is 0.654. The maximum atomic E-state index is 11.0. The van der Waals surface area contributed by atoms with Crippen LogP contribution in [0.1, 0.15) is 31.9 Å². The molecule has 3 N–H and O–H groups in total. The van der Waals surface area contributed by atoms with Crippen LogP contribution in [0.25, 0.3) is 0 Å². The molecule has 0 saturated heterocycles. The number of sulfonamides is 1. The minimum absolute atomic E-state index is 0.0190. The van der Waals surface area contributed by atoms with Crippen molar-refractivity contribution < 1.29 is 13.5 Å². The van der Waals surface area contributed by atoms with Gasteiger partial charge in [-0.25, -0.2) is 13.6 Å². The summed E-state index contributed by atoms with van der Waals surface area (Å²) in [4.78, 5) is 3.98. The molecule has 0 radical (unpaired) electrons. The average Bonchev–Trinajstić information content (AvgIpc) is 2.26. The number of nitrogens with two attached hydrogens (primary N) is 1. The van der Waals surface area contributed by atoms with E-state index >= 15 is 0 Å². The molecule has 0 aliphatic heterocycles. The van der Waals surface area contributed by atoms with E-state index in [0.717, 1.165) is 0 Å². The molecule has 0 aliphatic carbocycles. The Morgan fingerprint density at radius 2 is 2.12 bits per heavy atom. The van der Waals surface area contributed by atoms with Gasteiger partial charge >= 0.3 is 0 Å². The second-order valence-corrected chi connectivity index (χ2v) is 5.29. The summed E-state index contributed by atoms with van der Waals surface area (Å²) in [6.07, 6.45) is 1.36. The molecule has 16 heavy (non-hydrogen) atoms. The Labute approximate surface area is 95.4 Å². The topological polar surface area (TPSA) is 93.3 Å². The van der Waals surface area contributed by atoms with Crippen LogP contribution in [0.5, 0.6) is 0 Å². The molecule has 1 aromatic rings.